The topological polar surface area (TPSA) is 29.4 Å². The van der Waals surface area contributed by atoms with Crippen LogP contribution in [0.15, 0.2) is 34.7 Å². The van der Waals surface area contributed by atoms with Gasteiger partial charge in [0.15, 0.2) is 0 Å². The largest absolute Gasteiger partial charge is 0.282 e. The fourth-order valence-electron chi connectivity index (χ4n) is 2.24. The SMILES string of the molecule is CS(=NC(=O)c1ccccc1)C1CCCCC1. The summed E-state index contributed by atoms with van der Waals surface area (Å²) in [5.41, 5.74) is 0.711. The fourth-order valence-corrected chi connectivity index (χ4v) is 3.78. The van der Waals surface area contributed by atoms with Gasteiger partial charge in [-0.15, -0.1) is 0 Å². The van der Waals surface area contributed by atoms with Gasteiger partial charge in [-0.2, -0.15) is 4.36 Å². The Bertz CT molecular complexity index is 407. The van der Waals surface area contributed by atoms with Gasteiger partial charge in [0.1, 0.15) is 0 Å². The summed E-state index contributed by atoms with van der Waals surface area (Å²) in [7, 11) is -0.112. The molecule has 1 aliphatic rings. The molecule has 1 unspecified atom stereocenters. The zero-order valence-corrected chi connectivity index (χ0v) is 11.1. The highest BCUT2D eigenvalue weighted by atomic mass is 32.2. The predicted molar refractivity (Wildman–Crippen MR) is 73.4 cm³/mol. The maximum atomic E-state index is 11.9. The monoisotopic (exact) mass is 249 g/mol. The van der Waals surface area contributed by atoms with Gasteiger partial charge in [0.25, 0.3) is 5.91 Å². The molecular weight excluding hydrogens is 230 g/mol. The van der Waals surface area contributed by atoms with E-state index in [0.29, 0.717) is 10.8 Å². The lowest BCUT2D eigenvalue weighted by Gasteiger charge is -2.21. The third kappa shape index (κ3) is 3.50. The van der Waals surface area contributed by atoms with Gasteiger partial charge in [-0.05, 0) is 31.2 Å². The lowest BCUT2D eigenvalue weighted by Crippen LogP contribution is -2.18. The van der Waals surface area contributed by atoms with E-state index in [0.717, 1.165) is 0 Å². The molecule has 2 nitrogen and oxygen atoms in total. The molecule has 17 heavy (non-hydrogen) atoms. The zero-order valence-electron chi connectivity index (χ0n) is 10.3. The number of benzene rings is 1. The van der Waals surface area contributed by atoms with Gasteiger partial charge in [0, 0.05) is 10.8 Å². The highest BCUT2D eigenvalue weighted by Crippen LogP contribution is 2.22. The van der Waals surface area contributed by atoms with Crippen LogP contribution in [0.4, 0.5) is 0 Å². The molecule has 0 radical (unpaired) electrons. The van der Waals surface area contributed by atoms with Crippen molar-refractivity contribution in [2.24, 2.45) is 4.36 Å². The van der Waals surface area contributed by atoms with Crippen molar-refractivity contribution in [2.45, 2.75) is 37.4 Å². The van der Waals surface area contributed by atoms with Crippen LogP contribution in [-0.4, -0.2) is 17.4 Å². The van der Waals surface area contributed by atoms with Crippen molar-refractivity contribution < 1.29 is 4.79 Å². The van der Waals surface area contributed by atoms with Crippen LogP contribution >= 0.6 is 0 Å². The highest BCUT2D eigenvalue weighted by molar-refractivity contribution is 7.87. The molecule has 1 aliphatic carbocycles. The summed E-state index contributed by atoms with van der Waals surface area (Å²) in [6.45, 7) is 0. The molecule has 0 spiro atoms. The van der Waals surface area contributed by atoms with Crippen molar-refractivity contribution in [3.8, 4) is 0 Å². The second-order valence-electron chi connectivity index (χ2n) is 4.55. The van der Waals surface area contributed by atoms with E-state index in [1.807, 2.05) is 30.3 Å². The Labute approximate surface area is 106 Å². The van der Waals surface area contributed by atoms with Crippen molar-refractivity contribution in [3.05, 3.63) is 35.9 Å². The van der Waals surface area contributed by atoms with Gasteiger partial charge in [-0.1, -0.05) is 48.2 Å². The van der Waals surface area contributed by atoms with Crippen LogP contribution in [0.5, 0.6) is 0 Å². The molecule has 1 saturated carbocycles. The Kier molecular flexibility index (Phi) is 4.49. The third-order valence-electron chi connectivity index (χ3n) is 3.28. The summed E-state index contributed by atoms with van der Waals surface area (Å²) in [5, 5.41) is 0.636. The van der Waals surface area contributed by atoms with Crippen LogP contribution in [-0.2, 0) is 10.7 Å². The Balaban J connectivity index is 2.05. The van der Waals surface area contributed by atoms with Gasteiger partial charge >= 0.3 is 0 Å². The third-order valence-corrected chi connectivity index (χ3v) is 5.17. The zero-order chi connectivity index (χ0) is 12.1. The van der Waals surface area contributed by atoms with E-state index in [4.69, 9.17) is 0 Å². The molecule has 3 heteroatoms. The number of amides is 1. The first-order chi connectivity index (χ1) is 8.27. The van der Waals surface area contributed by atoms with E-state index in [1.54, 1.807) is 0 Å². The Morgan fingerprint density at radius 2 is 1.82 bits per heavy atom. The van der Waals surface area contributed by atoms with Gasteiger partial charge < -0.3 is 0 Å². The molecule has 1 aromatic rings. The normalized spacial score (nSPS) is 19.1. The average molecular weight is 249 g/mol. The van der Waals surface area contributed by atoms with Crippen molar-refractivity contribution in [1.82, 2.24) is 0 Å². The Morgan fingerprint density at radius 1 is 1.18 bits per heavy atom. The Morgan fingerprint density at radius 3 is 2.47 bits per heavy atom. The smallest absolute Gasteiger partial charge is 0.266 e. The van der Waals surface area contributed by atoms with Crippen molar-refractivity contribution in [2.75, 3.05) is 6.26 Å². The highest BCUT2D eigenvalue weighted by Gasteiger charge is 2.16. The van der Waals surface area contributed by atoms with Crippen molar-refractivity contribution >= 4 is 16.6 Å². The van der Waals surface area contributed by atoms with Crippen LogP contribution < -0.4 is 0 Å². The number of hydrogen-bond acceptors (Lipinski definition) is 1. The van der Waals surface area contributed by atoms with E-state index < -0.39 is 0 Å². The molecule has 0 N–H and O–H groups in total. The first-order valence-corrected chi connectivity index (χ1v) is 7.88. The minimum absolute atomic E-state index is 0.0537. The summed E-state index contributed by atoms with van der Waals surface area (Å²) in [4.78, 5) is 11.9. The van der Waals surface area contributed by atoms with Crippen LogP contribution in [0, 0.1) is 0 Å². The number of nitrogens with zero attached hydrogens (tertiary/aromatic N) is 1. The van der Waals surface area contributed by atoms with E-state index in [2.05, 4.69) is 10.6 Å². The number of hydrogen-bond donors (Lipinski definition) is 0. The molecular formula is C14H19NOS. The summed E-state index contributed by atoms with van der Waals surface area (Å²) in [6.07, 6.45) is 8.54. The summed E-state index contributed by atoms with van der Waals surface area (Å²) in [5.74, 6) is -0.0537. The van der Waals surface area contributed by atoms with Gasteiger partial charge in [0.05, 0.1) is 0 Å². The molecule has 1 fully saturated rings. The van der Waals surface area contributed by atoms with Crippen LogP contribution in [0.1, 0.15) is 42.5 Å². The Hall–Kier alpha value is -0.960. The summed E-state index contributed by atoms with van der Waals surface area (Å²) < 4.78 is 4.36. The second kappa shape index (κ2) is 6.10. The molecule has 0 heterocycles. The quantitative estimate of drug-likeness (QED) is 0.787. The van der Waals surface area contributed by atoms with Crippen LogP contribution in [0.25, 0.3) is 0 Å². The molecule has 92 valence electrons. The van der Waals surface area contributed by atoms with E-state index in [1.165, 1.54) is 32.1 Å². The number of carbonyl (C=O) groups is 1. The number of rotatable bonds is 2. The van der Waals surface area contributed by atoms with Gasteiger partial charge in [-0.3, -0.25) is 4.79 Å². The van der Waals surface area contributed by atoms with E-state index in [9.17, 15) is 4.79 Å². The molecule has 0 aromatic heterocycles. The second-order valence-corrected chi connectivity index (χ2v) is 6.44. The van der Waals surface area contributed by atoms with E-state index >= 15 is 0 Å². The maximum Gasteiger partial charge on any atom is 0.282 e. The summed E-state index contributed by atoms with van der Waals surface area (Å²) in [6, 6.07) is 9.37. The molecule has 0 bridgehead atoms. The first-order valence-electron chi connectivity index (χ1n) is 6.23. The van der Waals surface area contributed by atoms with Crippen LogP contribution in [0.2, 0.25) is 0 Å². The number of carbonyl (C=O) groups excluding carboxylic acids is 1. The minimum atomic E-state index is -0.112. The predicted octanol–water partition coefficient (Wildman–Crippen LogP) is 3.59. The van der Waals surface area contributed by atoms with Crippen molar-refractivity contribution in [3.63, 3.8) is 0 Å². The summed E-state index contributed by atoms with van der Waals surface area (Å²) >= 11 is 0. The standard InChI is InChI=1S/C14H19NOS/c1-17(13-10-6-3-7-11-13)15-14(16)12-8-4-2-5-9-12/h2,4-5,8-9,13H,3,6-7,10-11H2,1H3. The molecule has 0 aliphatic heterocycles. The lowest BCUT2D eigenvalue weighted by molar-refractivity contribution is 0.100. The fraction of sp³-hybridized carbons (Fsp3) is 0.500. The van der Waals surface area contributed by atoms with Gasteiger partial charge in [0.2, 0.25) is 0 Å². The van der Waals surface area contributed by atoms with Crippen LogP contribution in [0.3, 0.4) is 0 Å². The molecule has 2 rings (SSSR count). The lowest BCUT2D eigenvalue weighted by atomic mass is 10.0. The molecule has 1 atom stereocenters. The molecule has 1 amide bonds. The maximum absolute atomic E-state index is 11.9. The van der Waals surface area contributed by atoms with E-state index in [-0.39, 0.29) is 16.6 Å². The molecule has 0 saturated heterocycles. The average Bonchev–Trinajstić information content (AvgIpc) is 2.40. The minimum Gasteiger partial charge on any atom is -0.266 e. The van der Waals surface area contributed by atoms with Crippen molar-refractivity contribution in [1.29, 1.82) is 0 Å². The molecule has 1 aromatic carbocycles. The van der Waals surface area contributed by atoms with Gasteiger partial charge in [-0.25, -0.2) is 0 Å². The first kappa shape index (κ1) is 12.5.